The van der Waals surface area contributed by atoms with Gasteiger partial charge in [-0.3, -0.25) is 5.26 Å². The van der Waals surface area contributed by atoms with Gasteiger partial charge in [-0.05, 0) is 76.9 Å². The minimum absolute atomic E-state index is 0.000483. The first-order valence-electron chi connectivity index (χ1n) is 11.4. The number of carbonyl (C=O) groups excluding carboxylic acids is 1. The molecule has 10 nitrogen and oxygen atoms in total. The van der Waals surface area contributed by atoms with Crippen LogP contribution >= 0.6 is 23.2 Å². The standard InChI is InChI=1S/C28H20Cl2O10/c29-23-10-15(2-7-25(23)39-28(35)21-6-5-20(32)12-22(21)27(33)34)16-3-8-26(24(30)11-16)40-38-14-17-1-4-19(31)9-18(17)13-37-36/h1-12,31-32,36H,13-14H2,(H,33,34). The van der Waals surface area contributed by atoms with Gasteiger partial charge in [0.1, 0.15) is 30.5 Å². The Hall–Kier alpha value is -4.32. The minimum Gasteiger partial charge on any atom is -0.508 e. The van der Waals surface area contributed by atoms with Crippen LogP contribution in [-0.2, 0) is 23.0 Å². The van der Waals surface area contributed by atoms with E-state index in [0.29, 0.717) is 22.3 Å². The van der Waals surface area contributed by atoms with Crippen molar-refractivity contribution in [2.24, 2.45) is 0 Å². The van der Waals surface area contributed by atoms with Crippen LogP contribution in [0.25, 0.3) is 11.1 Å². The molecule has 0 fully saturated rings. The molecule has 0 amide bonds. The molecule has 0 heterocycles. The average Bonchev–Trinajstić information content (AvgIpc) is 2.91. The zero-order chi connectivity index (χ0) is 28.8. The van der Waals surface area contributed by atoms with Crippen LogP contribution in [0.1, 0.15) is 31.8 Å². The summed E-state index contributed by atoms with van der Waals surface area (Å²) in [6.45, 7) is -0.172. The van der Waals surface area contributed by atoms with E-state index in [1.807, 2.05) is 0 Å². The highest BCUT2D eigenvalue weighted by atomic mass is 35.5. The number of benzene rings is 4. The van der Waals surface area contributed by atoms with Crippen LogP contribution in [0.2, 0.25) is 10.0 Å². The number of rotatable bonds is 10. The third-order valence-corrected chi connectivity index (χ3v) is 6.22. The normalized spacial score (nSPS) is 10.8. The van der Waals surface area contributed by atoms with Gasteiger partial charge in [-0.2, -0.15) is 4.89 Å². The Labute approximate surface area is 236 Å². The lowest BCUT2D eigenvalue weighted by molar-refractivity contribution is -0.253. The van der Waals surface area contributed by atoms with Crippen molar-refractivity contribution in [3.8, 4) is 34.1 Å². The van der Waals surface area contributed by atoms with Crippen molar-refractivity contribution in [2.45, 2.75) is 13.2 Å². The number of carboxylic acids is 1. The fraction of sp³-hybridized carbons (Fsp3) is 0.0714. The largest absolute Gasteiger partial charge is 0.508 e. The topological polar surface area (TPSA) is 152 Å². The van der Waals surface area contributed by atoms with Crippen molar-refractivity contribution in [3.63, 3.8) is 0 Å². The number of hydrogen-bond donors (Lipinski definition) is 4. The lowest BCUT2D eigenvalue weighted by Crippen LogP contribution is -2.14. The highest BCUT2D eigenvalue weighted by Gasteiger charge is 2.20. The molecular weight excluding hydrogens is 567 g/mol. The quantitative estimate of drug-likeness (QED) is 0.0701. The van der Waals surface area contributed by atoms with Crippen molar-refractivity contribution in [1.82, 2.24) is 0 Å². The van der Waals surface area contributed by atoms with Gasteiger partial charge >= 0.3 is 11.9 Å². The number of phenols is 2. The molecule has 0 unspecified atom stereocenters. The van der Waals surface area contributed by atoms with Gasteiger partial charge in [0, 0.05) is 0 Å². The molecule has 4 aromatic carbocycles. The number of esters is 1. The molecule has 0 aliphatic carbocycles. The molecule has 0 bridgehead atoms. The molecule has 0 radical (unpaired) electrons. The van der Waals surface area contributed by atoms with Gasteiger partial charge < -0.3 is 24.9 Å². The molecule has 0 aliphatic rings. The predicted molar refractivity (Wildman–Crippen MR) is 143 cm³/mol. The third-order valence-electron chi connectivity index (χ3n) is 5.63. The van der Waals surface area contributed by atoms with E-state index in [2.05, 4.69) is 4.89 Å². The number of carbonyl (C=O) groups is 2. The van der Waals surface area contributed by atoms with Crippen molar-refractivity contribution in [2.75, 3.05) is 0 Å². The van der Waals surface area contributed by atoms with Gasteiger partial charge in [-0.1, -0.05) is 41.4 Å². The number of phenolic OH excluding ortho intramolecular Hbond substituents is 2. The Morgan fingerprint density at radius 2 is 1.32 bits per heavy atom. The Morgan fingerprint density at radius 1 is 0.700 bits per heavy atom. The zero-order valence-corrected chi connectivity index (χ0v) is 21.8. The molecule has 206 valence electrons. The minimum atomic E-state index is -1.40. The first-order valence-corrected chi connectivity index (χ1v) is 12.2. The highest BCUT2D eigenvalue weighted by Crippen LogP contribution is 2.35. The second kappa shape index (κ2) is 12.7. The fourth-order valence-electron chi connectivity index (χ4n) is 3.67. The summed E-state index contributed by atoms with van der Waals surface area (Å²) in [5, 5.41) is 37.5. The summed E-state index contributed by atoms with van der Waals surface area (Å²) >= 11 is 12.7. The first-order chi connectivity index (χ1) is 19.2. The van der Waals surface area contributed by atoms with Crippen molar-refractivity contribution in [3.05, 3.63) is 105 Å². The molecule has 4 rings (SSSR count). The van der Waals surface area contributed by atoms with E-state index in [0.717, 1.165) is 12.1 Å². The van der Waals surface area contributed by atoms with Crippen molar-refractivity contribution in [1.29, 1.82) is 0 Å². The predicted octanol–water partition coefficient (Wildman–Crippen LogP) is 6.49. The summed E-state index contributed by atoms with van der Waals surface area (Å²) in [5.74, 6) is -2.44. The smallest absolute Gasteiger partial charge is 0.344 e. The van der Waals surface area contributed by atoms with Crippen molar-refractivity contribution < 1.29 is 49.6 Å². The van der Waals surface area contributed by atoms with Gasteiger partial charge in [0.25, 0.3) is 0 Å². The number of ether oxygens (including phenoxy) is 1. The fourth-order valence-corrected chi connectivity index (χ4v) is 4.10. The Kier molecular flexibility index (Phi) is 9.10. The molecule has 0 saturated carbocycles. The molecule has 0 saturated heterocycles. The van der Waals surface area contributed by atoms with Crippen LogP contribution in [0.5, 0.6) is 23.0 Å². The van der Waals surface area contributed by atoms with Gasteiger partial charge in [0.05, 0.1) is 21.2 Å². The van der Waals surface area contributed by atoms with Crippen LogP contribution < -0.4 is 9.62 Å². The Bertz CT molecular complexity index is 1570. The van der Waals surface area contributed by atoms with Crippen molar-refractivity contribution >= 4 is 35.1 Å². The Balaban J connectivity index is 1.44. The van der Waals surface area contributed by atoms with E-state index < -0.39 is 17.5 Å². The van der Waals surface area contributed by atoms with Crippen LogP contribution in [-0.4, -0.2) is 32.5 Å². The van der Waals surface area contributed by atoms with E-state index in [1.165, 1.54) is 30.3 Å². The number of hydrogen-bond acceptors (Lipinski definition) is 9. The molecule has 12 heteroatoms. The summed E-state index contributed by atoms with van der Waals surface area (Å²) in [6, 6.07) is 17.2. The number of carboxylic acid groups (broad SMARTS) is 1. The monoisotopic (exact) mass is 586 g/mol. The summed E-state index contributed by atoms with van der Waals surface area (Å²) < 4.78 is 5.29. The molecule has 0 atom stereocenters. The molecule has 4 N–H and O–H groups in total. The molecular formula is C28H20Cl2O10. The van der Waals surface area contributed by atoms with Gasteiger partial charge in [-0.25, -0.2) is 14.5 Å². The average molecular weight is 587 g/mol. The van der Waals surface area contributed by atoms with Crippen LogP contribution in [0.15, 0.2) is 72.8 Å². The second-order valence-corrected chi connectivity index (χ2v) is 9.10. The maximum Gasteiger partial charge on any atom is 0.344 e. The molecule has 40 heavy (non-hydrogen) atoms. The number of aromatic carboxylic acids is 1. The lowest BCUT2D eigenvalue weighted by atomic mass is 10.1. The maximum atomic E-state index is 12.6. The summed E-state index contributed by atoms with van der Waals surface area (Å²) in [7, 11) is 0. The summed E-state index contributed by atoms with van der Waals surface area (Å²) in [5.41, 5.74) is 1.74. The Morgan fingerprint density at radius 3 is 1.95 bits per heavy atom. The molecule has 0 spiro atoms. The van der Waals surface area contributed by atoms with E-state index >= 15 is 0 Å². The first kappa shape index (κ1) is 28.7. The maximum absolute atomic E-state index is 12.6. The number of aromatic hydroxyl groups is 2. The summed E-state index contributed by atoms with van der Waals surface area (Å²) in [6.07, 6.45) is 0. The van der Waals surface area contributed by atoms with Crippen LogP contribution in [0, 0.1) is 0 Å². The van der Waals surface area contributed by atoms with Crippen LogP contribution in [0.4, 0.5) is 0 Å². The van der Waals surface area contributed by atoms with E-state index in [-0.39, 0.29) is 51.8 Å². The van der Waals surface area contributed by atoms with E-state index in [4.69, 9.17) is 43.0 Å². The summed E-state index contributed by atoms with van der Waals surface area (Å²) in [4.78, 5) is 38.7. The zero-order valence-electron chi connectivity index (χ0n) is 20.3. The third kappa shape index (κ3) is 6.81. The van der Waals surface area contributed by atoms with E-state index in [1.54, 1.807) is 30.3 Å². The molecule has 4 aromatic rings. The van der Waals surface area contributed by atoms with Crippen LogP contribution in [0.3, 0.4) is 0 Å². The molecule has 0 aliphatic heterocycles. The lowest BCUT2D eigenvalue weighted by Gasteiger charge is -2.12. The second-order valence-electron chi connectivity index (χ2n) is 8.29. The van der Waals surface area contributed by atoms with Gasteiger partial charge in [-0.15, -0.1) is 0 Å². The highest BCUT2D eigenvalue weighted by molar-refractivity contribution is 6.33. The number of halogens is 2. The SMILES string of the molecule is O=C(O)c1cc(O)ccc1C(=O)Oc1ccc(-c2ccc(OOCc3ccc(O)cc3COO)c(Cl)c2)cc1Cl. The van der Waals surface area contributed by atoms with Gasteiger partial charge in [0.2, 0.25) is 0 Å². The van der Waals surface area contributed by atoms with Gasteiger partial charge in [0.15, 0.2) is 5.75 Å². The molecule has 0 aromatic heterocycles. The van der Waals surface area contributed by atoms with E-state index in [9.17, 15) is 24.9 Å².